The van der Waals surface area contributed by atoms with E-state index in [1.54, 1.807) is 0 Å². The Kier molecular flexibility index (Phi) is 5.44. The molecule has 0 aliphatic carbocycles. The monoisotopic (exact) mass is 285 g/mol. The summed E-state index contributed by atoms with van der Waals surface area (Å²) in [5, 5.41) is 7.12. The summed E-state index contributed by atoms with van der Waals surface area (Å²) in [5.41, 5.74) is 5.17. The fraction of sp³-hybridized carbons (Fsp3) is 0.900. The second-order valence-corrected chi connectivity index (χ2v) is 5.29. The maximum absolute atomic E-state index is 10.6. The summed E-state index contributed by atoms with van der Waals surface area (Å²) in [6.07, 6.45) is -5.08. The minimum Gasteiger partial charge on any atom is -0.475 e. The van der Waals surface area contributed by atoms with Crippen LogP contribution < -0.4 is 5.73 Å². The quantitative estimate of drug-likeness (QED) is 0.715. The zero-order chi connectivity index (χ0) is 15.6. The fourth-order valence-corrected chi connectivity index (χ4v) is 1.10. The molecule has 0 radical (unpaired) electrons. The van der Waals surface area contributed by atoms with Gasteiger partial charge in [0.2, 0.25) is 0 Å². The van der Waals surface area contributed by atoms with Gasteiger partial charge in [-0.3, -0.25) is 0 Å². The second kappa shape index (κ2) is 5.68. The van der Waals surface area contributed by atoms with E-state index in [1.165, 1.54) is 0 Å². The summed E-state index contributed by atoms with van der Waals surface area (Å²) < 4.78 is 43.1. The molecule has 1 aliphatic rings. The van der Waals surface area contributed by atoms with Crippen molar-refractivity contribution in [2.75, 3.05) is 0 Å². The average Bonchev–Trinajstić information content (AvgIpc) is 2.35. The molecule has 9 heteroatoms. The minimum atomic E-state index is -5.08. The molecule has 0 aromatic heterocycles. The van der Waals surface area contributed by atoms with Crippen molar-refractivity contribution in [2.24, 2.45) is 5.73 Å². The first-order valence-electron chi connectivity index (χ1n) is 5.62. The summed E-state index contributed by atoms with van der Waals surface area (Å²) in [7, 11) is -0.269. The number of rotatable bonds is 1. The van der Waals surface area contributed by atoms with Gasteiger partial charge in [-0.25, -0.2) is 4.79 Å². The third kappa shape index (κ3) is 5.00. The lowest BCUT2D eigenvalue weighted by molar-refractivity contribution is -0.192. The van der Waals surface area contributed by atoms with Gasteiger partial charge in [0.15, 0.2) is 0 Å². The van der Waals surface area contributed by atoms with Gasteiger partial charge in [0, 0.05) is 5.94 Å². The summed E-state index contributed by atoms with van der Waals surface area (Å²) >= 11 is 0. The summed E-state index contributed by atoms with van der Waals surface area (Å²) in [5.74, 6) is -2.83. The maximum Gasteiger partial charge on any atom is 0.490 e. The Labute approximate surface area is 110 Å². The van der Waals surface area contributed by atoms with Crippen LogP contribution in [0.15, 0.2) is 0 Å². The van der Waals surface area contributed by atoms with E-state index in [0.717, 1.165) is 0 Å². The van der Waals surface area contributed by atoms with Crippen LogP contribution in [-0.4, -0.2) is 41.5 Å². The Morgan fingerprint density at radius 3 is 1.58 bits per heavy atom. The third-order valence-electron chi connectivity index (χ3n) is 2.94. The lowest BCUT2D eigenvalue weighted by Gasteiger charge is -2.32. The Bertz CT molecular complexity index is 315. The predicted molar refractivity (Wildman–Crippen MR) is 63.4 cm³/mol. The van der Waals surface area contributed by atoms with Crippen molar-refractivity contribution >= 4 is 13.1 Å². The summed E-state index contributed by atoms with van der Waals surface area (Å²) in [6.45, 7) is 9.98. The number of nitrogens with two attached hydrogens (primary N) is 1. The molecule has 0 spiro atoms. The molecule has 112 valence electrons. The SMILES string of the molecule is CC(N)B1OC(C)(C)C(C)(C)O1.O=C(O)C(F)(F)F. The Hall–Kier alpha value is -0.795. The number of carbonyl (C=O) groups is 1. The zero-order valence-electron chi connectivity index (χ0n) is 11.5. The molecule has 0 amide bonds. The molecule has 0 saturated carbocycles. The molecule has 1 fully saturated rings. The zero-order valence-corrected chi connectivity index (χ0v) is 11.5. The molecule has 19 heavy (non-hydrogen) atoms. The van der Waals surface area contributed by atoms with Gasteiger partial charge >= 0.3 is 19.3 Å². The number of hydrogen-bond donors (Lipinski definition) is 2. The largest absolute Gasteiger partial charge is 0.490 e. The van der Waals surface area contributed by atoms with Crippen LogP contribution in [0.1, 0.15) is 34.6 Å². The highest BCUT2D eigenvalue weighted by molar-refractivity contribution is 6.47. The molecule has 1 rings (SSSR count). The topological polar surface area (TPSA) is 81.8 Å². The molecular weight excluding hydrogens is 266 g/mol. The molecule has 1 saturated heterocycles. The highest BCUT2D eigenvalue weighted by Crippen LogP contribution is 2.36. The van der Waals surface area contributed by atoms with E-state index in [-0.39, 0.29) is 24.3 Å². The Balaban J connectivity index is 0.000000399. The van der Waals surface area contributed by atoms with Crippen molar-refractivity contribution in [3.63, 3.8) is 0 Å². The van der Waals surface area contributed by atoms with Crippen LogP contribution >= 0.6 is 0 Å². The normalized spacial score (nSPS) is 22.5. The van der Waals surface area contributed by atoms with Crippen molar-refractivity contribution in [2.45, 2.75) is 57.9 Å². The van der Waals surface area contributed by atoms with Crippen LogP contribution in [0.2, 0.25) is 0 Å². The lowest BCUT2D eigenvalue weighted by Crippen LogP contribution is -2.41. The van der Waals surface area contributed by atoms with Gasteiger partial charge < -0.3 is 20.1 Å². The third-order valence-corrected chi connectivity index (χ3v) is 2.94. The van der Waals surface area contributed by atoms with Crippen molar-refractivity contribution in [3.8, 4) is 0 Å². The fourth-order valence-electron chi connectivity index (χ4n) is 1.10. The molecule has 3 N–H and O–H groups in total. The molecule has 1 unspecified atom stereocenters. The van der Waals surface area contributed by atoms with E-state index in [9.17, 15) is 13.2 Å². The Morgan fingerprint density at radius 1 is 1.21 bits per heavy atom. The highest BCUT2D eigenvalue weighted by Gasteiger charge is 2.52. The number of alkyl halides is 3. The number of carboxylic acid groups (broad SMARTS) is 1. The van der Waals surface area contributed by atoms with Gasteiger partial charge in [-0.15, -0.1) is 0 Å². The molecular formula is C10H19BF3NO4. The van der Waals surface area contributed by atoms with Crippen LogP contribution in [-0.2, 0) is 14.1 Å². The maximum atomic E-state index is 10.6. The molecule has 0 aromatic carbocycles. The molecule has 1 heterocycles. The first-order chi connectivity index (χ1) is 8.21. The van der Waals surface area contributed by atoms with E-state index in [2.05, 4.69) is 0 Å². The van der Waals surface area contributed by atoms with Gasteiger partial charge in [-0.05, 0) is 27.7 Å². The van der Waals surface area contributed by atoms with Gasteiger partial charge in [0.1, 0.15) is 0 Å². The smallest absolute Gasteiger partial charge is 0.475 e. The molecule has 5 nitrogen and oxygen atoms in total. The van der Waals surface area contributed by atoms with Gasteiger partial charge in [0.25, 0.3) is 0 Å². The number of hydrogen-bond acceptors (Lipinski definition) is 4. The molecule has 0 aromatic rings. The van der Waals surface area contributed by atoms with E-state index < -0.39 is 12.1 Å². The van der Waals surface area contributed by atoms with E-state index in [1.807, 2.05) is 34.6 Å². The lowest BCUT2D eigenvalue weighted by atomic mass is 9.81. The van der Waals surface area contributed by atoms with E-state index >= 15 is 0 Å². The van der Waals surface area contributed by atoms with Gasteiger partial charge in [-0.1, -0.05) is 6.92 Å². The van der Waals surface area contributed by atoms with Crippen LogP contribution in [0, 0.1) is 0 Å². The van der Waals surface area contributed by atoms with Crippen LogP contribution in [0.5, 0.6) is 0 Å². The van der Waals surface area contributed by atoms with Crippen molar-refractivity contribution < 1.29 is 32.4 Å². The molecule has 1 atom stereocenters. The van der Waals surface area contributed by atoms with Gasteiger partial charge in [0.05, 0.1) is 11.2 Å². The molecule has 1 aliphatic heterocycles. The first-order valence-corrected chi connectivity index (χ1v) is 5.62. The van der Waals surface area contributed by atoms with Crippen molar-refractivity contribution in [1.82, 2.24) is 0 Å². The van der Waals surface area contributed by atoms with Gasteiger partial charge in [-0.2, -0.15) is 13.2 Å². The Morgan fingerprint density at radius 2 is 1.47 bits per heavy atom. The minimum absolute atomic E-state index is 0.0777. The standard InChI is InChI=1S/C8H18BNO2.C2HF3O2/c1-6(10)9-11-7(2,3)8(4,5)12-9;3-2(4,5)1(6)7/h6H,10H2,1-5H3;(H,6,7). The summed E-state index contributed by atoms with van der Waals surface area (Å²) in [4.78, 5) is 8.90. The van der Waals surface area contributed by atoms with Crippen LogP contribution in [0.4, 0.5) is 13.2 Å². The molecule has 0 bridgehead atoms. The number of halogens is 3. The van der Waals surface area contributed by atoms with Crippen molar-refractivity contribution in [3.05, 3.63) is 0 Å². The highest BCUT2D eigenvalue weighted by atomic mass is 19.4. The van der Waals surface area contributed by atoms with E-state index in [4.69, 9.17) is 24.9 Å². The number of carboxylic acids is 1. The first kappa shape index (κ1) is 18.2. The summed E-state index contributed by atoms with van der Waals surface area (Å²) in [6, 6.07) is 0. The second-order valence-electron chi connectivity index (χ2n) is 5.29. The van der Waals surface area contributed by atoms with Crippen LogP contribution in [0.3, 0.4) is 0 Å². The van der Waals surface area contributed by atoms with E-state index in [0.29, 0.717) is 0 Å². The number of aliphatic carboxylic acids is 1. The van der Waals surface area contributed by atoms with Crippen LogP contribution in [0.25, 0.3) is 0 Å². The van der Waals surface area contributed by atoms with Crippen molar-refractivity contribution in [1.29, 1.82) is 0 Å². The average molecular weight is 285 g/mol. The predicted octanol–water partition coefficient (Wildman–Crippen LogP) is 1.60.